The van der Waals surface area contributed by atoms with Gasteiger partial charge in [-0.2, -0.15) is 0 Å². The average Bonchev–Trinajstić information content (AvgIpc) is 2.49. The van der Waals surface area contributed by atoms with Gasteiger partial charge in [0.05, 0.1) is 0 Å². The number of fused-ring (bicyclic) bond motifs is 1. The predicted molar refractivity (Wildman–Crippen MR) is 90.5 cm³/mol. The van der Waals surface area contributed by atoms with Gasteiger partial charge in [-0.15, -0.1) is 0 Å². The second-order valence-electron chi connectivity index (χ2n) is 6.20. The van der Waals surface area contributed by atoms with Crippen LogP contribution >= 0.6 is 15.9 Å². The summed E-state index contributed by atoms with van der Waals surface area (Å²) in [6, 6.07) is 12.1. The van der Waals surface area contributed by atoms with Crippen LogP contribution < -0.4 is 0 Å². The molecule has 1 heterocycles. The highest BCUT2D eigenvalue weighted by atomic mass is 79.9. The number of nitrogens with zero attached hydrogens (tertiary/aromatic N) is 1. The molecule has 1 amide bonds. The lowest BCUT2D eigenvalue weighted by atomic mass is 9.88. The van der Waals surface area contributed by atoms with Crippen molar-refractivity contribution in [3.05, 3.63) is 46.4 Å². The van der Waals surface area contributed by atoms with Gasteiger partial charge >= 0.3 is 0 Å². The van der Waals surface area contributed by atoms with Crippen LogP contribution in [-0.2, 0) is 0 Å². The Morgan fingerprint density at radius 2 is 1.81 bits per heavy atom. The van der Waals surface area contributed by atoms with E-state index in [9.17, 15) is 4.79 Å². The normalized spacial score (nSPS) is 22.5. The number of carbonyl (C=O) groups excluding carboxylic acids is 1. The molecule has 21 heavy (non-hydrogen) atoms. The number of halogens is 1. The number of hydrogen-bond acceptors (Lipinski definition) is 1. The molecule has 2 aromatic carbocycles. The zero-order valence-corrected chi connectivity index (χ0v) is 14.1. The summed E-state index contributed by atoms with van der Waals surface area (Å²) in [6.07, 6.45) is 1.10. The van der Waals surface area contributed by atoms with Crippen molar-refractivity contribution in [2.24, 2.45) is 11.8 Å². The van der Waals surface area contributed by atoms with Crippen molar-refractivity contribution >= 4 is 32.6 Å². The van der Waals surface area contributed by atoms with Crippen molar-refractivity contribution < 1.29 is 4.79 Å². The van der Waals surface area contributed by atoms with Gasteiger partial charge in [0.2, 0.25) is 0 Å². The second-order valence-corrected chi connectivity index (χ2v) is 7.12. The maximum absolute atomic E-state index is 12.7. The van der Waals surface area contributed by atoms with Crippen LogP contribution in [0.25, 0.3) is 10.8 Å². The Morgan fingerprint density at radius 1 is 1.10 bits per heavy atom. The fourth-order valence-electron chi connectivity index (χ4n) is 2.98. The van der Waals surface area contributed by atoms with E-state index in [0.717, 1.165) is 40.3 Å². The highest BCUT2D eigenvalue weighted by Crippen LogP contribution is 2.25. The summed E-state index contributed by atoms with van der Waals surface area (Å²) in [6.45, 7) is 6.27. The Kier molecular flexibility index (Phi) is 4.03. The first-order chi connectivity index (χ1) is 10.0. The third-order valence-corrected chi connectivity index (χ3v) is 5.16. The topological polar surface area (TPSA) is 20.3 Å². The van der Waals surface area contributed by atoms with E-state index in [2.05, 4.69) is 41.9 Å². The molecule has 0 N–H and O–H groups in total. The number of rotatable bonds is 1. The third kappa shape index (κ3) is 2.98. The lowest BCUT2D eigenvalue weighted by Crippen LogP contribution is -2.42. The molecule has 0 radical (unpaired) electrons. The molecule has 1 aliphatic heterocycles. The molecule has 2 atom stereocenters. The standard InChI is InChI=1S/C18H20BrNO/c1-12-7-8-20(11-13(12)2)18(21)16-4-3-15-10-17(19)6-5-14(15)9-16/h3-6,9-10,12-13H,7-8,11H2,1-2H3. The summed E-state index contributed by atoms with van der Waals surface area (Å²) in [7, 11) is 0. The van der Waals surface area contributed by atoms with Crippen molar-refractivity contribution in [3.63, 3.8) is 0 Å². The van der Waals surface area contributed by atoms with Crippen molar-refractivity contribution in [2.75, 3.05) is 13.1 Å². The fraction of sp³-hybridized carbons (Fsp3) is 0.389. The Balaban J connectivity index is 1.86. The molecule has 0 saturated carbocycles. The van der Waals surface area contributed by atoms with Crippen LogP contribution in [0.5, 0.6) is 0 Å². The molecule has 2 aromatic rings. The van der Waals surface area contributed by atoms with E-state index in [1.54, 1.807) is 0 Å². The van der Waals surface area contributed by atoms with E-state index >= 15 is 0 Å². The van der Waals surface area contributed by atoms with Crippen LogP contribution in [-0.4, -0.2) is 23.9 Å². The minimum atomic E-state index is 0.165. The van der Waals surface area contributed by atoms with Gasteiger partial charge in [-0.25, -0.2) is 0 Å². The lowest BCUT2D eigenvalue weighted by Gasteiger charge is -2.35. The second kappa shape index (κ2) is 5.80. The smallest absolute Gasteiger partial charge is 0.253 e. The maximum atomic E-state index is 12.7. The summed E-state index contributed by atoms with van der Waals surface area (Å²) in [5, 5.41) is 2.27. The van der Waals surface area contributed by atoms with E-state index in [0.29, 0.717) is 11.8 Å². The molecule has 0 spiro atoms. The molecule has 3 rings (SSSR count). The molecule has 110 valence electrons. The molecular formula is C18H20BrNO. The van der Waals surface area contributed by atoms with E-state index in [1.165, 1.54) is 0 Å². The first-order valence-electron chi connectivity index (χ1n) is 7.53. The van der Waals surface area contributed by atoms with Gasteiger partial charge in [-0.3, -0.25) is 4.79 Å². The molecule has 1 fully saturated rings. The number of carbonyl (C=O) groups is 1. The SMILES string of the molecule is CC1CCN(C(=O)c2ccc3cc(Br)ccc3c2)CC1C. The quantitative estimate of drug-likeness (QED) is 0.732. The molecule has 0 aromatic heterocycles. The van der Waals surface area contributed by atoms with Crippen molar-refractivity contribution in [1.29, 1.82) is 0 Å². The van der Waals surface area contributed by atoms with Gasteiger partial charge in [0.15, 0.2) is 0 Å². The molecule has 0 aliphatic carbocycles. The van der Waals surface area contributed by atoms with Gasteiger partial charge < -0.3 is 4.90 Å². The zero-order chi connectivity index (χ0) is 15.0. The lowest BCUT2D eigenvalue weighted by molar-refractivity contribution is 0.0627. The Bertz CT molecular complexity index is 682. The number of amides is 1. The molecule has 3 heteroatoms. The molecule has 1 aliphatic rings. The highest BCUT2D eigenvalue weighted by molar-refractivity contribution is 9.10. The van der Waals surface area contributed by atoms with Crippen molar-refractivity contribution in [1.82, 2.24) is 4.90 Å². The molecule has 0 bridgehead atoms. The monoisotopic (exact) mass is 345 g/mol. The number of likely N-dealkylation sites (tertiary alicyclic amines) is 1. The highest BCUT2D eigenvalue weighted by Gasteiger charge is 2.26. The summed E-state index contributed by atoms with van der Waals surface area (Å²) in [5.41, 5.74) is 0.798. The number of piperidine rings is 1. The first-order valence-corrected chi connectivity index (χ1v) is 8.32. The van der Waals surface area contributed by atoms with Gasteiger partial charge in [0.1, 0.15) is 0 Å². The summed E-state index contributed by atoms with van der Waals surface area (Å²) in [4.78, 5) is 14.7. The zero-order valence-electron chi connectivity index (χ0n) is 12.5. The minimum Gasteiger partial charge on any atom is -0.338 e. The van der Waals surface area contributed by atoms with Gasteiger partial charge in [0.25, 0.3) is 5.91 Å². The average molecular weight is 346 g/mol. The van der Waals surface area contributed by atoms with E-state index in [1.807, 2.05) is 29.2 Å². The Hall–Kier alpha value is -1.35. The van der Waals surface area contributed by atoms with Crippen molar-refractivity contribution in [2.45, 2.75) is 20.3 Å². The molecule has 1 saturated heterocycles. The van der Waals surface area contributed by atoms with Gasteiger partial charge in [0, 0.05) is 23.1 Å². The molecule has 2 unspecified atom stereocenters. The van der Waals surface area contributed by atoms with Crippen LogP contribution in [0.15, 0.2) is 40.9 Å². The van der Waals surface area contributed by atoms with Crippen LogP contribution in [0.4, 0.5) is 0 Å². The third-order valence-electron chi connectivity index (χ3n) is 4.67. The molecule has 2 nitrogen and oxygen atoms in total. The largest absolute Gasteiger partial charge is 0.338 e. The van der Waals surface area contributed by atoms with E-state index < -0.39 is 0 Å². The van der Waals surface area contributed by atoms with Crippen LogP contribution in [0.3, 0.4) is 0 Å². The summed E-state index contributed by atoms with van der Waals surface area (Å²) >= 11 is 3.48. The maximum Gasteiger partial charge on any atom is 0.253 e. The predicted octanol–water partition coefficient (Wildman–Crippen LogP) is 4.72. The van der Waals surface area contributed by atoms with Crippen LogP contribution in [0.2, 0.25) is 0 Å². The number of benzene rings is 2. The van der Waals surface area contributed by atoms with E-state index in [-0.39, 0.29) is 5.91 Å². The molecular weight excluding hydrogens is 326 g/mol. The fourth-order valence-corrected chi connectivity index (χ4v) is 3.36. The van der Waals surface area contributed by atoms with E-state index in [4.69, 9.17) is 0 Å². The summed E-state index contributed by atoms with van der Waals surface area (Å²) in [5.74, 6) is 1.46. The van der Waals surface area contributed by atoms with Gasteiger partial charge in [-0.05, 0) is 53.3 Å². The Morgan fingerprint density at radius 3 is 2.57 bits per heavy atom. The Labute approximate surface area is 134 Å². The van der Waals surface area contributed by atoms with Crippen LogP contribution in [0.1, 0.15) is 30.6 Å². The summed E-state index contributed by atoms with van der Waals surface area (Å²) < 4.78 is 1.06. The first kappa shape index (κ1) is 14.6. The van der Waals surface area contributed by atoms with Crippen molar-refractivity contribution in [3.8, 4) is 0 Å². The van der Waals surface area contributed by atoms with Crippen LogP contribution in [0, 0.1) is 11.8 Å². The number of hydrogen-bond donors (Lipinski definition) is 0. The van der Waals surface area contributed by atoms with Gasteiger partial charge in [-0.1, -0.05) is 41.9 Å². The minimum absolute atomic E-state index is 0.165.